The van der Waals surface area contributed by atoms with E-state index >= 15 is 0 Å². The maximum atomic E-state index is 14.4. The van der Waals surface area contributed by atoms with Crippen molar-refractivity contribution in [3.63, 3.8) is 0 Å². The first-order valence-electron chi connectivity index (χ1n) is 5.22. The first-order valence-corrected chi connectivity index (χ1v) is 6.70. The summed E-state index contributed by atoms with van der Waals surface area (Å²) in [6.07, 6.45) is 9.49. The predicted octanol–water partition coefficient (Wildman–Crippen LogP) is 2.77. The lowest BCUT2D eigenvalue weighted by atomic mass is 10.1. The van der Waals surface area contributed by atoms with Gasteiger partial charge >= 0.3 is 0 Å². The molecule has 2 nitrogen and oxygen atoms in total. The molecule has 0 saturated carbocycles. The molecule has 0 aliphatic heterocycles. The molecule has 0 amide bonds. The fraction of sp³-hybridized carbons (Fsp3) is 0.333. The van der Waals surface area contributed by atoms with E-state index in [0.29, 0.717) is 0 Å². The Kier molecular flexibility index (Phi) is 2.81. The lowest BCUT2D eigenvalue weighted by molar-refractivity contribution is 0.278. The second-order valence-electron chi connectivity index (χ2n) is 4.06. The molecule has 2 unspecified atom stereocenters. The molecule has 0 aromatic heterocycles. The van der Waals surface area contributed by atoms with Crippen LogP contribution in [0.5, 0.6) is 0 Å². The fourth-order valence-electron chi connectivity index (χ4n) is 1.83. The molecule has 2 aliphatic carbocycles. The van der Waals surface area contributed by atoms with Crippen LogP contribution in [0.3, 0.4) is 0 Å². The van der Waals surface area contributed by atoms with Crippen LogP contribution in [0, 0.1) is 0 Å². The number of hydrogen-bond donors (Lipinski definition) is 0. The smallest absolute Gasteiger partial charge is 0.221 e. The van der Waals surface area contributed by atoms with Gasteiger partial charge in [-0.1, -0.05) is 36.5 Å². The van der Waals surface area contributed by atoms with Crippen LogP contribution in [0.25, 0.3) is 0 Å². The van der Waals surface area contributed by atoms with Gasteiger partial charge < -0.3 is 0 Å². The van der Waals surface area contributed by atoms with E-state index in [-0.39, 0.29) is 12.8 Å². The summed E-state index contributed by atoms with van der Waals surface area (Å²) in [6.45, 7) is 0. The van der Waals surface area contributed by atoms with E-state index in [2.05, 4.69) is 0 Å². The maximum absolute atomic E-state index is 14.4. The van der Waals surface area contributed by atoms with Crippen molar-refractivity contribution in [1.82, 2.24) is 0 Å². The van der Waals surface area contributed by atoms with Crippen LogP contribution in [0.1, 0.15) is 12.8 Å². The third-order valence-electron chi connectivity index (χ3n) is 2.87. The average molecular weight is 258 g/mol. The topological polar surface area (TPSA) is 34.1 Å². The summed E-state index contributed by atoms with van der Waals surface area (Å²) in [5.74, 6) is 0. The van der Waals surface area contributed by atoms with Crippen molar-refractivity contribution in [2.24, 2.45) is 0 Å². The zero-order valence-electron chi connectivity index (χ0n) is 9.01. The molecule has 0 aromatic rings. The Balaban J connectivity index is 2.43. The Hall–Kier alpha value is -1.23. The standard InChI is InChI=1S/C12H12F2O2S/c13-11(7-3-1-4-8-11)17(15,16)12(14)9-5-2-6-10-12/h1-7,9H,8,10H2. The van der Waals surface area contributed by atoms with Gasteiger partial charge in [0.1, 0.15) is 0 Å². The average Bonchev–Trinajstić information content (AvgIpc) is 2.30. The van der Waals surface area contributed by atoms with Gasteiger partial charge in [0.2, 0.25) is 19.8 Å². The predicted molar refractivity (Wildman–Crippen MR) is 62.4 cm³/mol. The third kappa shape index (κ3) is 1.78. The highest BCUT2D eigenvalue weighted by Crippen LogP contribution is 2.41. The summed E-state index contributed by atoms with van der Waals surface area (Å²) in [4.78, 5) is 0. The van der Waals surface area contributed by atoms with Gasteiger partial charge in [-0.3, -0.25) is 0 Å². The highest BCUT2D eigenvalue weighted by molar-refractivity contribution is 7.94. The van der Waals surface area contributed by atoms with Crippen LogP contribution in [0.2, 0.25) is 0 Å². The van der Waals surface area contributed by atoms with Crippen LogP contribution in [-0.4, -0.2) is 18.4 Å². The van der Waals surface area contributed by atoms with Gasteiger partial charge in [0, 0.05) is 12.8 Å². The second-order valence-corrected chi connectivity index (χ2v) is 6.42. The van der Waals surface area contributed by atoms with Gasteiger partial charge in [0.05, 0.1) is 0 Å². The van der Waals surface area contributed by atoms with E-state index < -0.39 is 19.8 Å². The SMILES string of the molecule is O=S(=O)(C1(F)C=CC=CC1)C1(F)C=CC=CC1. The van der Waals surface area contributed by atoms with Crippen molar-refractivity contribution in [3.05, 3.63) is 48.6 Å². The van der Waals surface area contributed by atoms with Gasteiger partial charge in [0.25, 0.3) is 0 Å². The zero-order valence-corrected chi connectivity index (χ0v) is 9.83. The minimum absolute atomic E-state index is 0.352. The fourth-order valence-corrected chi connectivity index (χ4v) is 3.54. The summed E-state index contributed by atoms with van der Waals surface area (Å²) in [7, 11) is -4.59. The van der Waals surface area contributed by atoms with Crippen molar-refractivity contribution >= 4 is 9.84 Å². The van der Waals surface area contributed by atoms with Gasteiger partial charge in [-0.25, -0.2) is 17.2 Å². The van der Waals surface area contributed by atoms with E-state index in [9.17, 15) is 17.2 Å². The first kappa shape index (κ1) is 12.2. The largest absolute Gasteiger partial charge is 0.236 e. The molecule has 0 N–H and O–H groups in total. The van der Waals surface area contributed by atoms with E-state index in [1.807, 2.05) is 0 Å². The molecule has 92 valence electrons. The van der Waals surface area contributed by atoms with E-state index in [1.54, 1.807) is 0 Å². The van der Waals surface area contributed by atoms with Gasteiger partial charge in [-0.15, -0.1) is 0 Å². The molecule has 2 rings (SSSR count). The Labute approximate surface area is 98.9 Å². The summed E-state index contributed by atoms with van der Waals surface area (Å²) >= 11 is 0. The first-order chi connectivity index (χ1) is 7.91. The lowest BCUT2D eigenvalue weighted by Gasteiger charge is -2.31. The molecule has 0 heterocycles. The zero-order chi connectivity index (χ0) is 12.6. The number of sulfone groups is 1. The van der Waals surface area contributed by atoms with E-state index in [0.717, 1.165) is 12.2 Å². The van der Waals surface area contributed by atoms with Crippen LogP contribution in [0.15, 0.2) is 48.6 Å². The van der Waals surface area contributed by atoms with Crippen LogP contribution in [0.4, 0.5) is 8.78 Å². The number of allylic oxidation sites excluding steroid dienone is 6. The molecule has 0 saturated heterocycles. The van der Waals surface area contributed by atoms with Crippen molar-refractivity contribution in [1.29, 1.82) is 0 Å². The number of rotatable bonds is 2. The summed E-state index contributed by atoms with van der Waals surface area (Å²) in [5, 5.41) is -5.32. The molecule has 0 radical (unpaired) electrons. The molecule has 2 atom stereocenters. The Morgan fingerprint density at radius 1 is 0.824 bits per heavy atom. The highest BCUT2D eigenvalue weighted by atomic mass is 32.2. The monoisotopic (exact) mass is 258 g/mol. The van der Waals surface area contributed by atoms with Gasteiger partial charge in [0.15, 0.2) is 0 Å². The minimum Gasteiger partial charge on any atom is -0.221 e. The Morgan fingerprint density at radius 3 is 1.53 bits per heavy atom. The summed E-state index contributed by atoms with van der Waals surface area (Å²) in [6, 6.07) is 0. The second kappa shape index (κ2) is 3.91. The third-order valence-corrected chi connectivity index (χ3v) is 5.26. The maximum Gasteiger partial charge on any atom is 0.236 e. The van der Waals surface area contributed by atoms with Crippen molar-refractivity contribution < 1.29 is 17.2 Å². The van der Waals surface area contributed by atoms with Crippen molar-refractivity contribution in [3.8, 4) is 0 Å². The number of alkyl halides is 2. The number of halogens is 2. The lowest BCUT2D eigenvalue weighted by Crippen LogP contribution is -2.45. The molecule has 0 aromatic carbocycles. The van der Waals surface area contributed by atoms with Crippen LogP contribution in [-0.2, 0) is 9.84 Å². The molecule has 0 spiro atoms. The molecule has 0 fully saturated rings. The normalized spacial score (nSPS) is 36.4. The van der Waals surface area contributed by atoms with Crippen LogP contribution >= 0.6 is 0 Å². The molecule has 0 bridgehead atoms. The van der Waals surface area contributed by atoms with Crippen LogP contribution < -0.4 is 0 Å². The molecular formula is C12H12F2O2S. The van der Waals surface area contributed by atoms with Crippen molar-refractivity contribution in [2.45, 2.75) is 22.8 Å². The summed E-state index contributed by atoms with van der Waals surface area (Å²) < 4.78 is 52.8. The molecule has 17 heavy (non-hydrogen) atoms. The van der Waals surface area contributed by atoms with Gasteiger partial charge in [-0.2, -0.15) is 0 Å². The molecular weight excluding hydrogens is 246 g/mol. The molecule has 2 aliphatic rings. The Bertz CT molecular complexity index is 489. The highest BCUT2D eigenvalue weighted by Gasteiger charge is 2.55. The van der Waals surface area contributed by atoms with E-state index in [4.69, 9.17) is 0 Å². The Morgan fingerprint density at radius 2 is 1.24 bits per heavy atom. The molecule has 5 heteroatoms. The summed E-state index contributed by atoms with van der Waals surface area (Å²) in [5.41, 5.74) is 0. The van der Waals surface area contributed by atoms with Gasteiger partial charge in [-0.05, 0) is 12.2 Å². The quantitative estimate of drug-likeness (QED) is 0.763. The minimum atomic E-state index is -4.59. The van der Waals surface area contributed by atoms with Crippen molar-refractivity contribution in [2.75, 3.05) is 0 Å². The van der Waals surface area contributed by atoms with E-state index in [1.165, 1.54) is 36.5 Å². The number of hydrogen-bond acceptors (Lipinski definition) is 2.